The number of aryl methyl sites for hydroxylation is 2. The van der Waals surface area contributed by atoms with Crippen molar-refractivity contribution in [2.75, 3.05) is 0 Å². The highest BCUT2D eigenvalue weighted by Gasteiger charge is 2.08. The molecule has 0 unspecified atom stereocenters. The van der Waals surface area contributed by atoms with Crippen LogP contribution in [0.5, 0.6) is 0 Å². The van der Waals surface area contributed by atoms with E-state index in [-0.39, 0.29) is 11.8 Å². The van der Waals surface area contributed by atoms with Crippen LogP contribution in [0.1, 0.15) is 36.1 Å². The molecule has 0 aliphatic heterocycles. The van der Waals surface area contributed by atoms with Crippen LogP contribution < -0.4 is 5.43 Å². The van der Waals surface area contributed by atoms with Crippen molar-refractivity contribution in [3.05, 3.63) is 21.4 Å². The molecule has 1 amide bonds. The molecule has 1 rings (SSSR count). The molecular formula is C12H18N2OS. The Labute approximate surface area is 101 Å². The molecule has 3 nitrogen and oxygen atoms in total. The van der Waals surface area contributed by atoms with E-state index in [9.17, 15) is 4.79 Å². The van der Waals surface area contributed by atoms with Crippen LogP contribution in [0.3, 0.4) is 0 Å². The molecule has 88 valence electrons. The summed E-state index contributed by atoms with van der Waals surface area (Å²) in [7, 11) is 0. The maximum absolute atomic E-state index is 11.4. The largest absolute Gasteiger partial charge is 0.273 e. The number of hydrogen-bond acceptors (Lipinski definition) is 3. The van der Waals surface area contributed by atoms with Crippen molar-refractivity contribution in [3.8, 4) is 0 Å². The minimum atomic E-state index is -0.0519. The molecule has 0 fully saturated rings. The second kappa shape index (κ2) is 5.25. The summed E-state index contributed by atoms with van der Waals surface area (Å²) in [5.74, 6) is -0.0918. The van der Waals surface area contributed by atoms with Gasteiger partial charge in [0.05, 0.1) is 5.71 Å². The van der Waals surface area contributed by atoms with Crippen LogP contribution in [0, 0.1) is 19.8 Å². The highest BCUT2D eigenvalue weighted by atomic mass is 32.1. The molecule has 0 saturated heterocycles. The first kappa shape index (κ1) is 12.9. The summed E-state index contributed by atoms with van der Waals surface area (Å²) in [6.07, 6.45) is 0. The fraction of sp³-hybridized carbons (Fsp3) is 0.500. The van der Waals surface area contributed by atoms with Crippen LogP contribution in [-0.2, 0) is 4.79 Å². The van der Waals surface area contributed by atoms with Gasteiger partial charge in [0.1, 0.15) is 0 Å². The molecule has 0 radical (unpaired) electrons. The summed E-state index contributed by atoms with van der Waals surface area (Å²) in [6, 6.07) is 2.10. The number of thiophene rings is 1. The molecule has 0 saturated carbocycles. The molecule has 0 aliphatic carbocycles. The number of carbonyl (C=O) groups is 1. The minimum absolute atomic E-state index is 0.0399. The van der Waals surface area contributed by atoms with Crippen LogP contribution in [0.4, 0.5) is 0 Å². The van der Waals surface area contributed by atoms with Gasteiger partial charge in [-0.15, -0.1) is 11.3 Å². The van der Waals surface area contributed by atoms with Gasteiger partial charge >= 0.3 is 0 Å². The fourth-order valence-corrected chi connectivity index (χ4v) is 2.29. The molecule has 4 heteroatoms. The summed E-state index contributed by atoms with van der Waals surface area (Å²) in [5.41, 5.74) is 4.54. The first-order valence-corrected chi connectivity index (χ1v) is 6.15. The quantitative estimate of drug-likeness (QED) is 0.638. The Morgan fingerprint density at radius 2 is 2.06 bits per heavy atom. The Hall–Kier alpha value is -1.16. The molecule has 0 bridgehead atoms. The average Bonchev–Trinajstić information content (AvgIpc) is 2.53. The number of hydrazone groups is 1. The lowest BCUT2D eigenvalue weighted by molar-refractivity contribution is -0.123. The third-order valence-corrected chi connectivity index (χ3v) is 3.25. The van der Waals surface area contributed by atoms with Crippen LogP contribution in [0.15, 0.2) is 11.2 Å². The summed E-state index contributed by atoms with van der Waals surface area (Å²) in [6.45, 7) is 9.74. The van der Waals surface area contributed by atoms with E-state index in [1.807, 2.05) is 20.8 Å². The zero-order valence-electron chi connectivity index (χ0n) is 10.4. The van der Waals surface area contributed by atoms with Crippen molar-refractivity contribution >= 4 is 23.0 Å². The summed E-state index contributed by atoms with van der Waals surface area (Å²) < 4.78 is 0. The van der Waals surface area contributed by atoms with Crippen molar-refractivity contribution in [1.82, 2.24) is 5.43 Å². The lowest BCUT2D eigenvalue weighted by Gasteiger charge is -2.04. The zero-order chi connectivity index (χ0) is 12.3. The predicted molar refractivity (Wildman–Crippen MR) is 69.0 cm³/mol. The SMILES string of the molecule is CC(=NNC(=O)C(C)C)c1cc(C)sc1C. The zero-order valence-corrected chi connectivity index (χ0v) is 11.2. The number of carbonyl (C=O) groups excluding carboxylic acids is 1. The van der Waals surface area contributed by atoms with Crippen molar-refractivity contribution in [2.45, 2.75) is 34.6 Å². The lowest BCUT2D eigenvalue weighted by atomic mass is 10.2. The Kier molecular flexibility index (Phi) is 4.24. The van der Waals surface area contributed by atoms with Crippen molar-refractivity contribution in [3.63, 3.8) is 0 Å². The van der Waals surface area contributed by atoms with E-state index in [0.717, 1.165) is 11.3 Å². The minimum Gasteiger partial charge on any atom is -0.273 e. The number of amides is 1. The first-order chi connectivity index (χ1) is 7.41. The molecule has 16 heavy (non-hydrogen) atoms. The number of rotatable bonds is 3. The predicted octanol–water partition coefficient (Wildman–Crippen LogP) is 2.86. The Morgan fingerprint density at radius 1 is 1.44 bits per heavy atom. The highest BCUT2D eigenvalue weighted by molar-refractivity contribution is 7.12. The highest BCUT2D eigenvalue weighted by Crippen LogP contribution is 2.20. The van der Waals surface area contributed by atoms with Gasteiger partial charge in [-0.2, -0.15) is 5.10 Å². The van der Waals surface area contributed by atoms with Crippen molar-refractivity contribution in [2.24, 2.45) is 11.0 Å². The molecule has 1 heterocycles. The van der Waals surface area contributed by atoms with E-state index < -0.39 is 0 Å². The van der Waals surface area contributed by atoms with E-state index in [4.69, 9.17) is 0 Å². The molecule has 1 aromatic heterocycles. The molecular weight excluding hydrogens is 220 g/mol. The van der Waals surface area contributed by atoms with Crippen molar-refractivity contribution in [1.29, 1.82) is 0 Å². The monoisotopic (exact) mass is 238 g/mol. The maximum Gasteiger partial charge on any atom is 0.242 e. The Balaban J connectivity index is 2.78. The Morgan fingerprint density at radius 3 is 2.50 bits per heavy atom. The van der Waals surface area contributed by atoms with E-state index in [1.54, 1.807) is 11.3 Å². The lowest BCUT2D eigenvalue weighted by Crippen LogP contribution is -2.24. The molecule has 0 atom stereocenters. The van der Waals surface area contributed by atoms with E-state index >= 15 is 0 Å². The van der Waals surface area contributed by atoms with Crippen LogP contribution in [-0.4, -0.2) is 11.6 Å². The second-order valence-electron chi connectivity index (χ2n) is 4.15. The van der Waals surface area contributed by atoms with Gasteiger partial charge in [0.2, 0.25) is 5.91 Å². The van der Waals surface area contributed by atoms with Gasteiger partial charge in [-0.1, -0.05) is 13.8 Å². The number of nitrogens with zero attached hydrogens (tertiary/aromatic N) is 1. The normalized spacial score (nSPS) is 12.0. The van der Waals surface area contributed by atoms with Gasteiger partial charge < -0.3 is 0 Å². The summed E-state index contributed by atoms with van der Waals surface area (Å²) in [5, 5.41) is 4.11. The van der Waals surface area contributed by atoms with Crippen molar-refractivity contribution < 1.29 is 4.79 Å². The molecule has 0 aliphatic rings. The number of hydrogen-bond donors (Lipinski definition) is 1. The van der Waals surface area contributed by atoms with Crippen LogP contribution in [0.25, 0.3) is 0 Å². The van der Waals surface area contributed by atoms with E-state index in [0.29, 0.717) is 0 Å². The summed E-state index contributed by atoms with van der Waals surface area (Å²) >= 11 is 1.74. The Bertz CT molecular complexity index is 419. The van der Waals surface area contributed by atoms with E-state index in [1.165, 1.54) is 9.75 Å². The first-order valence-electron chi connectivity index (χ1n) is 5.33. The van der Waals surface area contributed by atoms with Crippen LogP contribution in [0.2, 0.25) is 0 Å². The smallest absolute Gasteiger partial charge is 0.242 e. The third-order valence-electron chi connectivity index (χ3n) is 2.29. The third kappa shape index (κ3) is 3.17. The molecule has 0 aromatic carbocycles. The fourth-order valence-electron chi connectivity index (χ4n) is 1.32. The average molecular weight is 238 g/mol. The van der Waals surface area contributed by atoms with Gasteiger partial charge in [0.15, 0.2) is 0 Å². The van der Waals surface area contributed by atoms with Crippen LogP contribution >= 0.6 is 11.3 Å². The standard InChI is InChI=1S/C12H18N2OS/c1-7(2)12(15)14-13-9(4)11-6-8(3)16-10(11)5/h6-7H,1-5H3,(H,14,15). The number of nitrogens with one attached hydrogen (secondary N) is 1. The van der Waals surface area contributed by atoms with E-state index in [2.05, 4.69) is 30.4 Å². The summed E-state index contributed by atoms with van der Waals surface area (Å²) in [4.78, 5) is 13.8. The molecule has 1 N–H and O–H groups in total. The van der Waals surface area contributed by atoms with Gasteiger partial charge in [-0.25, -0.2) is 5.43 Å². The van der Waals surface area contributed by atoms with Gasteiger partial charge in [-0.05, 0) is 26.8 Å². The molecule has 1 aromatic rings. The second-order valence-corrected chi connectivity index (χ2v) is 5.62. The molecule has 0 spiro atoms. The topological polar surface area (TPSA) is 41.5 Å². The van der Waals surface area contributed by atoms with Gasteiger partial charge in [0, 0.05) is 21.2 Å². The van der Waals surface area contributed by atoms with Gasteiger partial charge in [-0.3, -0.25) is 4.79 Å². The maximum atomic E-state index is 11.4. The van der Waals surface area contributed by atoms with Gasteiger partial charge in [0.25, 0.3) is 0 Å².